The van der Waals surface area contributed by atoms with Crippen molar-refractivity contribution in [3.8, 4) is 44.7 Å². The maximum absolute atomic E-state index is 14.0. The molecule has 0 spiro atoms. The van der Waals surface area contributed by atoms with Crippen LogP contribution in [0.5, 0.6) is 0 Å². The minimum Gasteiger partial charge on any atom is -0.384 e. The topological polar surface area (TPSA) is 139 Å². The normalized spacial score (nSPS) is 10.9. The number of nitrogens with zero attached hydrogens (tertiary/aromatic N) is 10. The summed E-state index contributed by atoms with van der Waals surface area (Å²) < 4.78 is 32.1. The van der Waals surface area contributed by atoms with E-state index in [0.29, 0.717) is 61.2 Å². The Morgan fingerprint density at radius 3 is 1.56 bits per heavy atom. The maximum Gasteiger partial charge on any atom is 0.200 e. The fourth-order valence-electron chi connectivity index (χ4n) is 4.79. The molecule has 11 nitrogen and oxygen atoms in total. The summed E-state index contributed by atoms with van der Waals surface area (Å²) in [7, 11) is 0. The molecule has 0 aliphatic heterocycles. The Morgan fingerprint density at radius 1 is 0.600 bits per heavy atom. The molecule has 0 saturated carbocycles. The van der Waals surface area contributed by atoms with Crippen LogP contribution in [0.2, 0.25) is 0 Å². The number of rotatable bonds is 8. The number of aromatic nitrogens is 10. The fourth-order valence-corrected chi connectivity index (χ4v) is 6.39. The summed E-state index contributed by atoms with van der Waals surface area (Å²) in [6.07, 6.45) is 3.40. The Labute approximate surface area is 300 Å². The van der Waals surface area contributed by atoms with Crippen molar-refractivity contribution in [2.75, 3.05) is 5.73 Å². The summed E-state index contributed by atoms with van der Waals surface area (Å²) >= 11 is 6.26. The summed E-state index contributed by atoms with van der Waals surface area (Å²) in [6, 6.07) is 24.0. The van der Waals surface area contributed by atoms with E-state index in [1.165, 1.54) is 34.8 Å². The summed E-state index contributed by atoms with van der Waals surface area (Å²) in [6.45, 7) is 0.513. The van der Waals surface area contributed by atoms with Crippen molar-refractivity contribution in [3.05, 3.63) is 135 Å². The fraction of sp³-hybridized carbons (Fsp3) is 0.0588. The number of benzene rings is 2. The van der Waals surface area contributed by atoms with Crippen LogP contribution in [0.25, 0.3) is 44.7 Å². The molecule has 0 fully saturated rings. The molecular formula is C34H24BrF2N11S2. The zero-order chi connectivity index (χ0) is 34.5. The quantitative estimate of drug-likeness (QED) is 0.155. The molecule has 6 heterocycles. The van der Waals surface area contributed by atoms with Crippen LogP contribution in [-0.4, -0.2) is 49.5 Å². The molecule has 248 valence electrons. The second kappa shape index (κ2) is 14.9. The first kappa shape index (κ1) is 32.9. The van der Waals surface area contributed by atoms with E-state index in [1.807, 2.05) is 29.0 Å². The predicted octanol–water partition coefficient (Wildman–Crippen LogP) is 7.65. The Bertz CT molecular complexity index is 2190. The molecule has 0 unspecified atom stereocenters. The van der Waals surface area contributed by atoms with Crippen molar-refractivity contribution < 1.29 is 8.78 Å². The van der Waals surface area contributed by atoms with Gasteiger partial charge in [-0.1, -0.05) is 48.5 Å². The van der Waals surface area contributed by atoms with Gasteiger partial charge in [0.25, 0.3) is 0 Å². The standard InChI is InChI=1S/C17H11BrFN5S.C17H13FN6S/c18-14-7-3-6-13(21-14)15-22-16(17-20-8-9-25-17)24(23-15)10-11-4-1-2-5-12(11)19;18-12-5-2-1-4-11(12)10-24-16(17-20-8-9-25-17)22-15(23-24)13-6-3-7-14(19)21-13/h1-9H,10H2;1-9H,10H2,(H2,19,21). The number of nitrogen functional groups attached to an aromatic ring is 1. The van der Waals surface area contributed by atoms with Crippen molar-refractivity contribution in [2.24, 2.45) is 0 Å². The number of nitrogens with two attached hydrogens (primary N) is 1. The number of pyridine rings is 2. The van der Waals surface area contributed by atoms with E-state index in [2.05, 4.69) is 56.0 Å². The van der Waals surface area contributed by atoms with Crippen LogP contribution in [0, 0.1) is 11.6 Å². The number of thiazole rings is 2. The average molecular weight is 769 g/mol. The van der Waals surface area contributed by atoms with Crippen molar-refractivity contribution in [2.45, 2.75) is 13.1 Å². The first-order valence-electron chi connectivity index (χ1n) is 14.9. The Hall–Kier alpha value is -5.58. The minimum absolute atomic E-state index is 0.247. The van der Waals surface area contributed by atoms with Crippen LogP contribution >= 0.6 is 38.6 Å². The van der Waals surface area contributed by atoms with Crippen LogP contribution in [0.4, 0.5) is 14.6 Å². The molecular weight excluding hydrogens is 744 g/mol. The highest BCUT2D eigenvalue weighted by Gasteiger charge is 2.19. The molecule has 0 bridgehead atoms. The predicted molar refractivity (Wildman–Crippen MR) is 192 cm³/mol. The van der Waals surface area contributed by atoms with Crippen molar-refractivity contribution in [1.29, 1.82) is 0 Å². The lowest BCUT2D eigenvalue weighted by atomic mass is 10.2. The highest BCUT2D eigenvalue weighted by molar-refractivity contribution is 9.10. The summed E-state index contributed by atoms with van der Waals surface area (Å²) in [5, 5.41) is 14.2. The zero-order valence-corrected chi connectivity index (χ0v) is 29.0. The lowest BCUT2D eigenvalue weighted by Gasteiger charge is -2.05. The molecule has 8 aromatic rings. The molecule has 8 rings (SSSR count). The van der Waals surface area contributed by atoms with Gasteiger partial charge in [0.15, 0.2) is 27.5 Å². The van der Waals surface area contributed by atoms with E-state index in [-0.39, 0.29) is 24.7 Å². The number of hydrogen-bond donors (Lipinski definition) is 1. The molecule has 16 heteroatoms. The summed E-state index contributed by atoms with van der Waals surface area (Å²) in [5.41, 5.74) is 8.01. The molecule has 0 radical (unpaired) electrons. The molecule has 50 heavy (non-hydrogen) atoms. The molecule has 0 amide bonds. The van der Waals surface area contributed by atoms with E-state index in [9.17, 15) is 8.78 Å². The smallest absolute Gasteiger partial charge is 0.200 e. The Morgan fingerprint density at radius 2 is 1.10 bits per heavy atom. The van der Waals surface area contributed by atoms with E-state index in [0.717, 1.165) is 5.01 Å². The number of hydrogen-bond acceptors (Lipinski definition) is 11. The molecule has 2 N–H and O–H groups in total. The second-order valence-electron chi connectivity index (χ2n) is 10.5. The van der Waals surface area contributed by atoms with Crippen molar-refractivity contribution >= 4 is 44.4 Å². The highest BCUT2D eigenvalue weighted by Crippen LogP contribution is 2.26. The van der Waals surface area contributed by atoms with Crippen molar-refractivity contribution in [1.82, 2.24) is 49.5 Å². The third-order valence-corrected chi connectivity index (χ3v) is 9.07. The van der Waals surface area contributed by atoms with Gasteiger partial charge in [-0.15, -0.1) is 32.9 Å². The summed E-state index contributed by atoms with van der Waals surface area (Å²) in [5.74, 6) is 1.89. The van der Waals surface area contributed by atoms with E-state index < -0.39 is 0 Å². The van der Waals surface area contributed by atoms with Gasteiger partial charge in [0.05, 0.1) is 13.1 Å². The second-order valence-corrected chi connectivity index (χ2v) is 13.1. The van der Waals surface area contributed by atoms with Gasteiger partial charge in [0, 0.05) is 34.3 Å². The van der Waals surface area contributed by atoms with Gasteiger partial charge in [0.2, 0.25) is 5.82 Å². The van der Waals surface area contributed by atoms with E-state index >= 15 is 0 Å². The minimum atomic E-state index is -0.285. The number of halogens is 3. The Kier molecular flexibility index (Phi) is 9.82. The first-order chi connectivity index (χ1) is 24.4. The molecule has 0 aliphatic rings. The van der Waals surface area contributed by atoms with E-state index in [1.54, 1.807) is 76.4 Å². The molecule has 0 atom stereocenters. The molecule has 0 saturated heterocycles. The van der Waals surface area contributed by atoms with Gasteiger partial charge in [-0.05, 0) is 52.3 Å². The van der Waals surface area contributed by atoms with Gasteiger partial charge in [-0.2, -0.15) is 0 Å². The molecule has 0 aliphatic carbocycles. The third-order valence-electron chi connectivity index (χ3n) is 7.09. The van der Waals surface area contributed by atoms with Crippen LogP contribution < -0.4 is 5.73 Å². The van der Waals surface area contributed by atoms with Crippen LogP contribution in [0.3, 0.4) is 0 Å². The average Bonchev–Trinajstić information content (AvgIpc) is 3.95. The van der Waals surface area contributed by atoms with Crippen LogP contribution in [0.1, 0.15) is 11.1 Å². The van der Waals surface area contributed by atoms with Crippen LogP contribution in [0.15, 0.2) is 113 Å². The number of anilines is 1. The lowest BCUT2D eigenvalue weighted by molar-refractivity contribution is 0.587. The SMILES string of the molecule is Fc1ccccc1Cn1nc(-c2cccc(Br)n2)nc1-c1nccs1.Nc1cccc(-c2nc(-c3nccs3)n(Cc3ccccc3F)n2)n1. The first-order valence-corrected chi connectivity index (χ1v) is 17.5. The third kappa shape index (κ3) is 7.51. The molecule has 6 aromatic heterocycles. The van der Waals surface area contributed by atoms with E-state index in [4.69, 9.17) is 5.73 Å². The largest absolute Gasteiger partial charge is 0.384 e. The molecule has 2 aromatic carbocycles. The van der Waals surface area contributed by atoms with Gasteiger partial charge >= 0.3 is 0 Å². The highest BCUT2D eigenvalue weighted by atomic mass is 79.9. The monoisotopic (exact) mass is 767 g/mol. The maximum atomic E-state index is 14.0. The summed E-state index contributed by atoms with van der Waals surface area (Å²) in [4.78, 5) is 26.4. The zero-order valence-electron chi connectivity index (χ0n) is 25.8. The van der Waals surface area contributed by atoms with Gasteiger partial charge in [-0.3, -0.25) is 0 Å². The van der Waals surface area contributed by atoms with Gasteiger partial charge in [-0.25, -0.2) is 48.0 Å². The van der Waals surface area contributed by atoms with Gasteiger partial charge < -0.3 is 5.73 Å². The Balaban J connectivity index is 0.000000157. The lowest BCUT2D eigenvalue weighted by Crippen LogP contribution is -2.06. The van der Waals surface area contributed by atoms with Gasteiger partial charge in [0.1, 0.15) is 33.4 Å². The van der Waals surface area contributed by atoms with Crippen molar-refractivity contribution in [3.63, 3.8) is 0 Å². The van der Waals surface area contributed by atoms with Crippen LogP contribution in [-0.2, 0) is 13.1 Å².